The van der Waals surface area contributed by atoms with Crippen molar-refractivity contribution in [2.45, 2.75) is 19.6 Å². The van der Waals surface area contributed by atoms with Gasteiger partial charge in [-0.2, -0.15) is 0 Å². The van der Waals surface area contributed by atoms with Crippen LogP contribution in [-0.4, -0.2) is 27.4 Å². The Morgan fingerprint density at radius 1 is 0.957 bits per heavy atom. The Balaban J connectivity index is 2.00. The van der Waals surface area contributed by atoms with Gasteiger partial charge >= 0.3 is 0 Å². The molecule has 0 amide bonds. The lowest BCUT2D eigenvalue weighted by atomic mass is 10.1. The summed E-state index contributed by atoms with van der Waals surface area (Å²) >= 11 is 0. The monoisotopic (exact) mass is 315 g/mol. The van der Waals surface area contributed by atoms with Crippen molar-refractivity contribution in [2.75, 3.05) is 27.4 Å². The van der Waals surface area contributed by atoms with Crippen LogP contribution in [0, 0.1) is 0 Å². The summed E-state index contributed by atoms with van der Waals surface area (Å²) in [6, 6.07) is 16.1. The number of rotatable bonds is 10. The maximum Gasteiger partial charge on any atom is 0.166 e. The van der Waals surface area contributed by atoms with Gasteiger partial charge in [-0.25, -0.2) is 0 Å². The molecular weight excluding hydrogens is 290 g/mol. The first-order valence-electron chi connectivity index (χ1n) is 7.87. The topological polar surface area (TPSA) is 39.7 Å². The standard InChI is InChI=1S/C19H25NO3/c1-21-13-7-12-20-14-17-10-6-11-18(22-2)19(17)23-15-16-8-4-3-5-9-16/h3-6,8-11,20H,7,12-15H2,1-2H3. The molecule has 124 valence electrons. The third-order valence-corrected chi connectivity index (χ3v) is 3.52. The van der Waals surface area contributed by atoms with E-state index >= 15 is 0 Å². The van der Waals surface area contributed by atoms with Crippen LogP contribution in [0.25, 0.3) is 0 Å². The molecule has 4 heteroatoms. The van der Waals surface area contributed by atoms with E-state index in [1.165, 1.54) is 0 Å². The molecule has 0 aromatic heterocycles. The van der Waals surface area contributed by atoms with Gasteiger partial charge in [0.05, 0.1) is 7.11 Å². The van der Waals surface area contributed by atoms with E-state index in [0.717, 1.165) is 48.7 Å². The number of nitrogens with one attached hydrogen (secondary N) is 1. The summed E-state index contributed by atoms with van der Waals surface area (Å²) in [6.07, 6.45) is 0.987. The van der Waals surface area contributed by atoms with Gasteiger partial charge in [-0.3, -0.25) is 0 Å². The van der Waals surface area contributed by atoms with Crippen molar-refractivity contribution in [3.8, 4) is 11.5 Å². The lowest BCUT2D eigenvalue weighted by Gasteiger charge is -2.15. The van der Waals surface area contributed by atoms with Crippen LogP contribution in [0.4, 0.5) is 0 Å². The van der Waals surface area contributed by atoms with Gasteiger partial charge in [0.25, 0.3) is 0 Å². The highest BCUT2D eigenvalue weighted by Crippen LogP contribution is 2.31. The number of benzene rings is 2. The molecule has 2 aromatic rings. The number of hydrogen-bond donors (Lipinski definition) is 1. The molecule has 1 N–H and O–H groups in total. The Hall–Kier alpha value is -2.04. The second kappa shape index (κ2) is 9.87. The molecular formula is C19H25NO3. The van der Waals surface area contributed by atoms with Crippen molar-refractivity contribution in [3.63, 3.8) is 0 Å². The summed E-state index contributed by atoms with van der Waals surface area (Å²) in [6.45, 7) is 2.94. The van der Waals surface area contributed by atoms with Gasteiger partial charge in [0.15, 0.2) is 11.5 Å². The van der Waals surface area contributed by atoms with E-state index in [1.807, 2.05) is 30.3 Å². The van der Waals surface area contributed by atoms with Crippen molar-refractivity contribution in [1.82, 2.24) is 5.32 Å². The Labute approximate surface area is 138 Å². The lowest BCUT2D eigenvalue weighted by molar-refractivity contribution is 0.194. The van der Waals surface area contributed by atoms with E-state index in [1.54, 1.807) is 14.2 Å². The first-order chi connectivity index (χ1) is 11.3. The zero-order chi connectivity index (χ0) is 16.3. The number of ether oxygens (including phenoxy) is 3. The van der Waals surface area contributed by atoms with Crippen LogP contribution >= 0.6 is 0 Å². The van der Waals surface area contributed by atoms with Crippen LogP contribution in [0.1, 0.15) is 17.5 Å². The maximum absolute atomic E-state index is 6.03. The van der Waals surface area contributed by atoms with Crippen LogP contribution in [0.2, 0.25) is 0 Å². The van der Waals surface area contributed by atoms with E-state index in [-0.39, 0.29) is 0 Å². The molecule has 0 atom stereocenters. The molecule has 0 heterocycles. The molecule has 4 nitrogen and oxygen atoms in total. The molecule has 0 unspecified atom stereocenters. The summed E-state index contributed by atoms with van der Waals surface area (Å²) < 4.78 is 16.5. The highest BCUT2D eigenvalue weighted by atomic mass is 16.5. The smallest absolute Gasteiger partial charge is 0.166 e. The second-order valence-electron chi connectivity index (χ2n) is 5.25. The molecule has 23 heavy (non-hydrogen) atoms. The van der Waals surface area contributed by atoms with Gasteiger partial charge < -0.3 is 19.5 Å². The predicted molar refractivity (Wildman–Crippen MR) is 92.0 cm³/mol. The van der Waals surface area contributed by atoms with E-state index in [2.05, 4.69) is 23.5 Å². The molecule has 0 spiro atoms. The van der Waals surface area contributed by atoms with Gasteiger partial charge in [-0.1, -0.05) is 42.5 Å². The largest absolute Gasteiger partial charge is 0.493 e. The van der Waals surface area contributed by atoms with Crippen LogP contribution < -0.4 is 14.8 Å². The Morgan fingerprint density at radius 2 is 1.78 bits per heavy atom. The minimum atomic E-state index is 0.526. The Kier molecular flexibility index (Phi) is 7.43. The quantitative estimate of drug-likeness (QED) is 0.682. The average molecular weight is 315 g/mol. The van der Waals surface area contributed by atoms with Gasteiger partial charge in [-0.05, 0) is 24.6 Å². The molecule has 0 saturated heterocycles. The maximum atomic E-state index is 6.03. The van der Waals surface area contributed by atoms with Crippen LogP contribution in [0.15, 0.2) is 48.5 Å². The molecule has 0 aliphatic carbocycles. The third-order valence-electron chi connectivity index (χ3n) is 3.52. The third kappa shape index (κ3) is 5.58. The fraction of sp³-hybridized carbons (Fsp3) is 0.368. The summed E-state index contributed by atoms with van der Waals surface area (Å²) in [5.74, 6) is 1.57. The van der Waals surface area contributed by atoms with Crippen LogP contribution in [-0.2, 0) is 17.9 Å². The van der Waals surface area contributed by atoms with Gasteiger partial charge in [0.2, 0.25) is 0 Å². The second-order valence-corrected chi connectivity index (χ2v) is 5.25. The summed E-state index contributed by atoms with van der Waals surface area (Å²) in [7, 11) is 3.39. The first-order valence-corrected chi connectivity index (χ1v) is 7.87. The van der Waals surface area contributed by atoms with E-state index in [4.69, 9.17) is 14.2 Å². The Bertz CT molecular complexity index is 572. The van der Waals surface area contributed by atoms with Crippen LogP contribution in [0.3, 0.4) is 0 Å². The lowest BCUT2D eigenvalue weighted by Crippen LogP contribution is -2.17. The van der Waals surface area contributed by atoms with Crippen molar-refractivity contribution in [2.24, 2.45) is 0 Å². The SMILES string of the molecule is COCCCNCc1cccc(OC)c1OCc1ccccc1. The zero-order valence-corrected chi connectivity index (χ0v) is 13.9. The summed E-state index contributed by atoms with van der Waals surface area (Å²) in [4.78, 5) is 0. The van der Waals surface area contributed by atoms with E-state index in [0.29, 0.717) is 6.61 Å². The van der Waals surface area contributed by atoms with Gasteiger partial charge in [0, 0.05) is 25.8 Å². The summed E-state index contributed by atoms with van der Waals surface area (Å²) in [5, 5.41) is 3.41. The van der Waals surface area contributed by atoms with Crippen molar-refractivity contribution in [3.05, 3.63) is 59.7 Å². The van der Waals surface area contributed by atoms with Crippen molar-refractivity contribution >= 4 is 0 Å². The average Bonchev–Trinajstić information content (AvgIpc) is 2.61. The molecule has 0 radical (unpaired) electrons. The Morgan fingerprint density at radius 3 is 2.52 bits per heavy atom. The van der Waals surface area contributed by atoms with Crippen molar-refractivity contribution in [1.29, 1.82) is 0 Å². The van der Waals surface area contributed by atoms with Crippen molar-refractivity contribution < 1.29 is 14.2 Å². The minimum absolute atomic E-state index is 0.526. The molecule has 0 bridgehead atoms. The van der Waals surface area contributed by atoms with E-state index < -0.39 is 0 Å². The molecule has 2 rings (SSSR count). The van der Waals surface area contributed by atoms with Crippen LogP contribution in [0.5, 0.6) is 11.5 Å². The number of hydrogen-bond acceptors (Lipinski definition) is 4. The highest BCUT2D eigenvalue weighted by molar-refractivity contribution is 5.46. The predicted octanol–water partition coefficient (Wildman–Crippen LogP) is 3.40. The number of para-hydroxylation sites is 1. The molecule has 0 saturated carbocycles. The summed E-state index contributed by atoms with van der Waals surface area (Å²) in [5.41, 5.74) is 2.23. The van der Waals surface area contributed by atoms with Gasteiger partial charge in [-0.15, -0.1) is 0 Å². The van der Waals surface area contributed by atoms with Gasteiger partial charge in [0.1, 0.15) is 6.61 Å². The molecule has 2 aromatic carbocycles. The molecule has 0 fully saturated rings. The minimum Gasteiger partial charge on any atom is -0.493 e. The highest BCUT2D eigenvalue weighted by Gasteiger charge is 2.10. The fourth-order valence-electron chi connectivity index (χ4n) is 2.32. The first kappa shape index (κ1) is 17.3. The zero-order valence-electron chi connectivity index (χ0n) is 13.9. The molecule has 0 aliphatic heterocycles. The fourth-order valence-corrected chi connectivity index (χ4v) is 2.32. The molecule has 0 aliphatic rings. The normalized spacial score (nSPS) is 10.5. The number of methoxy groups -OCH3 is 2. The van der Waals surface area contributed by atoms with E-state index in [9.17, 15) is 0 Å².